The van der Waals surface area contributed by atoms with Crippen LogP contribution in [0, 0.1) is 11.7 Å². The van der Waals surface area contributed by atoms with Gasteiger partial charge in [-0.3, -0.25) is 9.59 Å². The molecule has 154 valence electrons. The summed E-state index contributed by atoms with van der Waals surface area (Å²) in [4.78, 5) is 23.9. The van der Waals surface area contributed by atoms with Crippen molar-refractivity contribution in [3.05, 3.63) is 54.3 Å². The van der Waals surface area contributed by atoms with E-state index in [1.807, 2.05) is 0 Å². The highest BCUT2D eigenvalue weighted by molar-refractivity contribution is 7.89. The van der Waals surface area contributed by atoms with Crippen LogP contribution in [0.4, 0.5) is 15.8 Å². The summed E-state index contributed by atoms with van der Waals surface area (Å²) in [6.07, 6.45) is 1.11. The van der Waals surface area contributed by atoms with Gasteiger partial charge >= 0.3 is 0 Å². The number of rotatable bonds is 5. The lowest BCUT2D eigenvalue weighted by Crippen LogP contribution is -2.43. The maximum Gasteiger partial charge on any atom is 0.243 e. The van der Waals surface area contributed by atoms with Crippen molar-refractivity contribution < 1.29 is 22.4 Å². The summed E-state index contributed by atoms with van der Waals surface area (Å²) < 4.78 is 40.0. The predicted octanol–water partition coefficient (Wildman–Crippen LogP) is 2.82. The summed E-state index contributed by atoms with van der Waals surface area (Å²) in [6.45, 7) is 1.75. The van der Waals surface area contributed by atoms with E-state index in [0.29, 0.717) is 30.8 Å². The highest BCUT2D eigenvalue weighted by atomic mass is 32.2. The number of benzene rings is 2. The molecule has 9 heteroatoms. The number of nitrogens with one attached hydrogen (secondary N) is 2. The van der Waals surface area contributed by atoms with E-state index in [9.17, 15) is 22.4 Å². The minimum absolute atomic E-state index is 0.00275. The molecule has 0 unspecified atom stereocenters. The van der Waals surface area contributed by atoms with Gasteiger partial charge in [0.05, 0.1) is 10.8 Å². The van der Waals surface area contributed by atoms with Gasteiger partial charge in [0.1, 0.15) is 5.82 Å². The number of amides is 2. The standard InChI is InChI=1S/C20H22FN3O4S/c1-14(25)22-17-5-2-6-18(12-17)23-20(26)15-4-3-11-24(13-15)29(27,28)19-9-7-16(21)8-10-19/h2,5-10,12,15H,3-4,11,13H2,1H3,(H,22,25)(H,23,26)/t15-/m0/s1. The first kappa shape index (κ1) is 20.9. The Morgan fingerprint density at radius 2 is 1.72 bits per heavy atom. The molecular weight excluding hydrogens is 397 g/mol. The first-order valence-electron chi connectivity index (χ1n) is 9.20. The Morgan fingerprint density at radius 1 is 1.07 bits per heavy atom. The Morgan fingerprint density at radius 3 is 2.38 bits per heavy atom. The summed E-state index contributed by atoms with van der Waals surface area (Å²) in [5.41, 5.74) is 1.07. The van der Waals surface area contributed by atoms with Crippen LogP contribution in [0.1, 0.15) is 19.8 Å². The summed E-state index contributed by atoms with van der Waals surface area (Å²) in [7, 11) is -3.80. The Bertz CT molecular complexity index is 1010. The number of halogens is 1. The number of nitrogens with zero attached hydrogens (tertiary/aromatic N) is 1. The monoisotopic (exact) mass is 419 g/mol. The van der Waals surface area contributed by atoms with Gasteiger partial charge in [-0.05, 0) is 55.3 Å². The lowest BCUT2D eigenvalue weighted by atomic mass is 9.98. The number of anilines is 2. The van der Waals surface area contributed by atoms with E-state index in [0.717, 1.165) is 12.1 Å². The lowest BCUT2D eigenvalue weighted by molar-refractivity contribution is -0.121. The molecule has 0 aromatic heterocycles. The van der Waals surface area contributed by atoms with Crippen LogP contribution in [0.2, 0.25) is 0 Å². The van der Waals surface area contributed by atoms with Gasteiger partial charge in [-0.25, -0.2) is 12.8 Å². The van der Waals surface area contributed by atoms with Gasteiger partial charge in [-0.15, -0.1) is 0 Å². The zero-order chi connectivity index (χ0) is 21.0. The molecule has 3 rings (SSSR count). The first-order valence-corrected chi connectivity index (χ1v) is 10.6. The third-order valence-electron chi connectivity index (χ3n) is 4.66. The van der Waals surface area contributed by atoms with E-state index < -0.39 is 21.8 Å². The molecule has 2 amide bonds. The summed E-state index contributed by atoms with van der Waals surface area (Å²) in [5, 5.41) is 5.43. The average molecular weight is 419 g/mol. The maximum atomic E-state index is 13.1. The second kappa shape index (κ2) is 8.71. The molecule has 2 aromatic rings. The molecule has 0 bridgehead atoms. The molecule has 2 aromatic carbocycles. The van der Waals surface area contributed by atoms with Crippen LogP contribution in [-0.2, 0) is 19.6 Å². The lowest BCUT2D eigenvalue weighted by Gasteiger charge is -2.31. The zero-order valence-electron chi connectivity index (χ0n) is 15.9. The fourth-order valence-corrected chi connectivity index (χ4v) is 4.78. The summed E-state index contributed by atoms with van der Waals surface area (Å²) in [6, 6.07) is 11.4. The molecule has 0 aliphatic carbocycles. The highest BCUT2D eigenvalue weighted by Gasteiger charge is 2.33. The van der Waals surface area contributed by atoms with Crippen molar-refractivity contribution in [2.45, 2.75) is 24.7 Å². The van der Waals surface area contributed by atoms with Crippen LogP contribution in [0.25, 0.3) is 0 Å². The van der Waals surface area contributed by atoms with Gasteiger partial charge in [0.25, 0.3) is 0 Å². The van der Waals surface area contributed by atoms with Crippen LogP contribution in [0.15, 0.2) is 53.4 Å². The van der Waals surface area contributed by atoms with Crippen LogP contribution < -0.4 is 10.6 Å². The van der Waals surface area contributed by atoms with Crippen LogP contribution in [0.5, 0.6) is 0 Å². The predicted molar refractivity (Wildman–Crippen MR) is 107 cm³/mol. The Kier molecular flexibility index (Phi) is 6.29. The van der Waals surface area contributed by atoms with Gasteiger partial charge in [0.2, 0.25) is 21.8 Å². The number of carbonyl (C=O) groups excluding carboxylic acids is 2. The summed E-state index contributed by atoms with van der Waals surface area (Å²) >= 11 is 0. The molecule has 29 heavy (non-hydrogen) atoms. The maximum absolute atomic E-state index is 13.1. The molecular formula is C20H22FN3O4S. The highest BCUT2D eigenvalue weighted by Crippen LogP contribution is 2.25. The van der Waals surface area contributed by atoms with Crippen molar-refractivity contribution in [2.75, 3.05) is 23.7 Å². The molecule has 1 aliphatic rings. The largest absolute Gasteiger partial charge is 0.326 e. The Hall–Kier alpha value is -2.78. The first-order chi connectivity index (χ1) is 13.8. The normalized spacial score (nSPS) is 17.5. The molecule has 0 radical (unpaired) electrons. The van der Waals surface area contributed by atoms with Gasteiger partial charge in [-0.1, -0.05) is 6.07 Å². The molecule has 1 aliphatic heterocycles. The van der Waals surface area contributed by atoms with Crippen LogP contribution >= 0.6 is 0 Å². The van der Waals surface area contributed by atoms with E-state index in [2.05, 4.69) is 10.6 Å². The van der Waals surface area contributed by atoms with Gasteiger partial charge < -0.3 is 10.6 Å². The van der Waals surface area contributed by atoms with Crippen molar-refractivity contribution in [1.82, 2.24) is 4.31 Å². The fraction of sp³-hybridized carbons (Fsp3) is 0.300. The molecule has 1 saturated heterocycles. The van der Waals surface area contributed by atoms with Gasteiger partial charge in [0, 0.05) is 31.4 Å². The van der Waals surface area contributed by atoms with E-state index in [1.165, 1.54) is 23.4 Å². The van der Waals surface area contributed by atoms with Gasteiger partial charge in [0.15, 0.2) is 0 Å². The minimum atomic E-state index is -3.80. The fourth-order valence-electron chi connectivity index (χ4n) is 3.25. The van der Waals surface area contributed by atoms with Crippen LogP contribution in [-0.4, -0.2) is 37.6 Å². The minimum Gasteiger partial charge on any atom is -0.326 e. The van der Waals surface area contributed by atoms with Crippen molar-refractivity contribution in [2.24, 2.45) is 5.92 Å². The molecule has 7 nitrogen and oxygen atoms in total. The van der Waals surface area contributed by atoms with Crippen molar-refractivity contribution >= 4 is 33.2 Å². The van der Waals surface area contributed by atoms with Crippen molar-refractivity contribution in [3.8, 4) is 0 Å². The Balaban J connectivity index is 1.69. The Labute approximate surface area is 169 Å². The zero-order valence-corrected chi connectivity index (χ0v) is 16.7. The van der Waals surface area contributed by atoms with Gasteiger partial charge in [-0.2, -0.15) is 4.31 Å². The number of hydrogen-bond donors (Lipinski definition) is 2. The van der Waals surface area contributed by atoms with Crippen molar-refractivity contribution in [1.29, 1.82) is 0 Å². The SMILES string of the molecule is CC(=O)Nc1cccc(NC(=O)[C@H]2CCCN(S(=O)(=O)c3ccc(F)cc3)C2)c1. The smallest absolute Gasteiger partial charge is 0.243 e. The summed E-state index contributed by atoms with van der Waals surface area (Å²) in [5.74, 6) is -1.53. The number of hydrogen-bond acceptors (Lipinski definition) is 4. The molecule has 1 heterocycles. The molecule has 1 atom stereocenters. The van der Waals surface area contributed by atoms with E-state index in [-0.39, 0.29) is 23.3 Å². The van der Waals surface area contributed by atoms with E-state index in [4.69, 9.17) is 0 Å². The third kappa shape index (κ3) is 5.18. The third-order valence-corrected chi connectivity index (χ3v) is 6.54. The van der Waals surface area contributed by atoms with Crippen LogP contribution in [0.3, 0.4) is 0 Å². The molecule has 0 spiro atoms. The molecule has 2 N–H and O–H groups in total. The topological polar surface area (TPSA) is 95.6 Å². The van der Waals surface area contributed by atoms with E-state index in [1.54, 1.807) is 24.3 Å². The number of sulfonamides is 1. The molecule has 1 fully saturated rings. The average Bonchev–Trinajstić information content (AvgIpc) is 2.68. The number of carbonyl (C=O) groups is 2. The van der Waals surface area contributed by atoms with Crippen molar-refractivity contribution in [3.63, 3.8) is 0 Å². The van der Waals surface area contributed by atoms with E-state index >= 15 is 0 Å². The number of piperidine rings is 1. The second-order valence-corrected chi connectivity index (χ2v) is 8.85. The second-order valence-electron chi connectivity index (χ2n) is 6.91. The molecule has 0 saturated carbocycles. The quantitative estimate of drug-likeness (QED) is 0.779.